The highest BCUT2D eigenvalue weighted by molar-refractivity contribution is 5.90. The molecule has 96 valence electrons. The first-order chi connectivity index (χ1) is 9.33. The van der Waals surface area contributed by atoms with Crippen LogP contribution in [0.2, 0.25) is 0 Å². The van der Waals surface area contributed by atoms with Crippen molar-refractivity contribution in [1.82, 2.24) is 0 Å². The monoisotopic (exact) mass is 256 g/mol. The molecule has 0 aromatic heterocycles. The van der Waals surface area contributed by atoms with Crippen molar-refractivity contribution in [3.8, 4) is 11.5 Å². The topological polar surface area (TPSA) is 44.8 Å². The van der Waals surface area contributed by atoms with E-state index in [2.05, 4.69) is 0 Å². The molecule has 0 amide bonds. The first-order valence-electron chi connectivity index (χ1n) is 5.93. The minimum Gasteiger partial charge on any atom is -0.457 e. The molecule has 0 aliphatic carbocycles. The SMILES string of the molecule is O=C(OCc1ccccc1)c1ccc2c(c1)OCO2. The fourth-order valence-corrected chi connectivity index (χ4v) is 1.83. The van der Waals surface area contributed by atoms with Crippen LogP contribution in [-0.2, 0) is 11.3 Å². The third-order valence-corrected chi connectivity index (χ3v) is 2.82. The molecule has 0 N–H and O–H groups in total. The normalized spacial score (nSPS) is 12.2. The first kappa shape index (κ1) is 11.6. The molecule has 2 aromatic rings. The van der Waals surface area contributed by atoms with E-state index in [1.807, 2.05) is 30.3 Å². The second-order valence-corrected chi connectivity index (χ2v) is 4.13. The largest absolute Gasteiger partial charge is 0.457 e. The second-order valence-electron chi connectivity index (χ2n) is 4.13. The van der Waals surface area contributed by atoms with Gasteiger partial charge in [-0.3, -0.25) is 0 Å². The number of benzene rings is 2. The Labute approximate surface area is 110 Å². The Bertz CT molecular complexity index is 592. The Kier molecular flexibility index (Phi) is 3.06. The highest BCUT2D eigenvalue weighted by atomic mass is 16.7. The number of esters is 1. The fourth-order valence-electron chi connectivity index (χ4n) is 1.83. The van der Waals surface area contributed by atoms with Gasteiger partial charge in [0, 0.05) is 0 Å². The van der Waals surface area contributed by atoms with Crippen molar-refractivity contribution in [2.24, 2.45) is 0 Å². The molecule has 1 aliphatic rings. The minimum atomic E-state index is -0.373. The summed E-state index contributed by atoms with van der Waals surface area (Å²) in [4.78, 5) is 11.9. The lowest BCUT2D eigenvalue weighted by molar-refractivity contribution is 0.0472. The predicted molar refractivity (Wildman–Crippen MR) is 68.1 cm³/mol. The zero-order valence-electron chi connectivity index (χ0n) is 10.2. The van der Waals surface area contributed by atoms with Crippen LogP contribution in [0.1, 0.15) is 15.9 Å². The van der Waals surface area contributed by atoms with Crippen LogP contribution < -0.4 is 9.47 Å². The number of ether oxygens (including phenoxy) is 3. The Morgan fingerprint density at radius 1 is 1.05 bits per heavy atom. The Morgan fingerprint density at radius 3 is 2.68 bits per heavy atom. The summed E-state index contributed by atoms with van der Waals surface area (Å²) >= 11 is 0. The molecule has 4 nitrogen and oxygen atoms in total. The van der Waals surface area contributed by atoms with Crippen molar-refractivity contribution in [2.45, 2.75) is 6.61 Å². The van der Waals surface area contributed by atoms with Crippen LogP contribution >= 0.6 is 0 Å². The molecule has 0 saturated carbocycles. The first-order valence-corrected chi connectivity index (χ1v) is 5.93. The average Bonchev–Trinajstić information content (AvgIpc) is 2.93. The van der Waals surface area contributed by atoms with Gasteiger partial charge in [-0.15, -0.1) is 0 Å². The molecule has 4 heteroatoms. The Morgan fingerprint density at radius 2 is 1.84 bits per heavy atom. The van der Waals surface area contributed by atoms with Gasteiger partial charge in [0.15, 0.2) is 11.5 Å². The summed E-state index contributed by atoms with van der Waals surface area (Å²) < 4.78 is 15.6. The zero-order valence-corrected chi connectivity index (χ0v) is 10.2. The van der Waals surface area contributed by atoms with Gasteiger partial charge in [0.05, 0.1) is 5.56 Å². The van der Waals surface area contributed by atoms with Gasteiger partial charge in [-0.05, 0) is 23.8 Å². The highest BCUT2D eigenvalue weighted by Crippen LogP contribution is 2.32. The highest BCUT2D eigenvalue weighted by Gasteiger charge is 2.16. The molecule has 0 saturated heterocycles. The molecule has 2 aromatic carbocycles. The van der Waals surface area contributed by atoms with Gasteiger partial charge in [-0.2, -0.15) is 0 Å². The zero-order chi connectivity index (χ0) is 13.1. The molecular formula is C15H12O4. The van der Waals surface area contributed by atoms with Crippen molar-refractivity contribution in [2.75, 3.05) is 6.79 Å². The van der Waals surface area contributed by atoms with Gasteiger partial charge in [-0.1, -0.05) is 30.3 Å². The maximum Gasteiger partial charge on any atom is 0.338 e. The van der Waals surface area contributed by atoms with E-state index in [1.165, 1.54) is 0 Å². The van der Waals surface area contributed by atoms with Crippen molar-refractivity contribution in [3.63, 3.8) is 0 Å². The quantitative estimate of drug-likeness (QED) is 0.792. The standard InChI is InChI=1S/C15H12O4/c16-15(17-9-11-4-2-1-3-5-11)12-6-7-13-14(8-12)19-10-18-13/h1-8H,9-10H2. The number of rotatable bonds is 3. The Balaban J connectivity index is 1.67. The van der Waals surface area contributed by atoms with Crippen LogP contribution in [0.4, 0.5) is 0 Å². The van der Waals surface area contributed by atoms with Crippen molar-refractivity contribution in [1.29, 1.82) is 0 Å². The second kappa shape index (κ2) is 5.02. The van der Waals surface area contributed by atoms with E-state index in [-0.39, 0.29) is 19.4 Å². The van der Waals surface area contributed by atoms with Crippen LogP contribution in [-0.4, -0.2) is 12.8 Å². The number of fused-ring (bicyclic) bond motifs is 1. The number of hydrogen-bond acceptors (Lipinski definition) is 4. The van der Waals surface area contributed by atoms with E-state index in [4.69, 9.17) is 14.2 Å². The number of carbonyl (C=O) groups excluding carboxylic acids is 1. The fraction of sp³-hybridized carbons (Fsp3) is 0.133. The summed E-state index contributed by atoms with van der Waals surface area (Å²) in [6.45, 7) is 0.450. The van der Waals surface area contributed by atoms with E-state index in [9.17, 15) is 4.79 Å². The van der Waals surface area contributed by atoms with Crippen LogP contribution in [0.15, 0.2) is 48.5 Å². The summed E-state index contributed by atoms with van der Waals surface area (Å²) in [6.07, 6.45) is 0. The summed E-state index contributed by atoms with van der Waals surface area (Å²) in [7, 11) is 0. The minimum absolute atomic E-state index is 0.192. The lowest BCUT2D eigenvalue weighted by Gasteiger charge is -2.05. The third-order valence-electron chi connectivity index (χ3n) is 2.82. The van der Waals surface area contributed by atoms with Gasteiger partial charge in [-0.25, -0.2) is 4.79 Å². The maximum atomic E-state index is 11.9. The van der Waals surface area contributed by atoms with Crippen molar-refractivity contribution < 1.29 is 19.0 Å². The van der Waals surface area contributed by atoms with Crippen LogP contribution in [0.25, 0.3) is 0 Å². The smallest absolute Gasteiger partial charge is 0.338 e. The molecule has 1 heterocycles. The number of carbonyl (C=O) groups is 1. The molecule has 0 unspecified atom stereocenters. The molecule has 0 radical (unpaired) electrons. The summed E-state index contributed by atoms with van der Waals surface area (Å²) in [5.41, 5.74) is 1.41. The summed E-state index contributed by atoms with van der Waals surface area (Å²) in [5, 5.41) is 0. The molecule has 19 heavy (non-hydrogen) atoms. The molecule has 0 spiro atoms. The molecule has 1 aliphatic heterocycles. The third kappa shape index (κ3) is 2.52. The van der Waals surface area contributed by atoms with E-state index in [0.29, 0.717) is 17.1 Å². The van der Waals surface area contributed by atoms with Crippen LogP contribution in [0.5, 0.6) is 11.5 Å². The lowest BCUT2D eigenvalue weighted by Crippen LogP contribution is -2.05. The van der Waals surface area contributed by atoms with E-state index >= 15 is 0 Å². The van der Waals surface area contributed by atoms with E-state index in [0.717, 1.165) is 5.56 Å². The average molecular weight is 256 g/mol. The molecule has 0 fully saturated rings. The predicted octanol–water partition coefficient (Wildman–Crippen LogP) is 2.77. The van der Waals surface area contributed by atoms with Gasteiger partial charge in [0.25, 0.3) is 0 Å². The van der Waals surface area contributed by atoms with Crippen molar-refractivity contribution >= 4 is 5.97 Å². The molecule has 0 atom stereocenters. The van der Waals surface area contributed by atoms with E-state index < -0.39 is 0 Å². The molecular weight excluding hydrogens is 244 g/mol. The van der Waals surface area contributed by atoms with E-state index in [1.54, 1.807) is 18.2 Å². The van der Waals surface area contributed by atoms with Gasteiger partial charge < -0.3 is 14.2 Å². The summed E-state index contributed by atoms with van der Waals surface area (Å²) in [6, 6.07) is 14.6. The maximum absolute atomic E-state index is 11.9. The summed E-state index contributed by atoms with van der Waals surface area (Å²) in [5.74, 6) is 0.857. The lowest BCUT2D eigenvalue weighted by atomic mass is 10.2. The van der Waals surface area contributed by atoms with Crippen LogP contribution in [0.3, 0.4) is 0 Å². The Hall–Kier alpha value is -2.49. The molecule has 0 bridgehead atoms. The van der Waals surface area contributed by atoms with Crippen LogP contribution in [0, 0.1) is 0 Å². The molecule has 3 rings (SSSR count). The van der Waals surface area contributed by atoms with Crippen molar-refractivity contribution in [3.05, 3.63) is 59.7 Å². The van der Waals surface area contributed by atoms with Gasteiger partial charge in [0.2, 0.25) is 6.79 Å². The van der Waals surface area contributed by atoms with Gasteiger partial charge in [0.1, 0.15) is 6.61 Å². The number of hydrogen-bond donors (Lipinski definition) is 0. The van der Waals surface area contributed by atoms with Gasteiger partial charge >= 0.3 is 5.97 Å².